The Balaban J connectivity index is 0.00000150. The molecular formula is C22H30Cl2N4O. The number of nitrogens with two attached hydrogens (primary N) is 1. The van der Waals surface area contributed by atoms with Gasteiger partial charge in [-0.25, -0.2) is 0 Å². The highest BCUT2D eigenvalue weighted by Gasteiger charge is 2.24. The Bertz CT molecular complexity index is 795. The van der Waals surface area contributed by atoms with E-state index >= 15 is 0 Å². The van der Waals surface area contributed by atoms with Gasteiger partial charge in [-0.15, -0.1) is 24.8 Å². The summed E-state index contributed by atoms with van der Waals surface area (Å²) in [5, 5.41) is 0. The number of amides is 1. The summed E-state index contributed by atoms with van der Waals surface area (Å²) in [7, 11) is 0. The molecule has 2 aromatic rings. The Morgan fingerprint density at radius 2 is 1.62 bits per heavy atom. The average Bonchev–Trinajstić information content (AvgIpc) is 2.73. The molecule has 0 radical (unpaired) electrons. The molecule has 2 N–H and O–H groups in total. The zero-order chi connectivity index (χ0) is 18.6. The van der Waals surface area contributed by atoms with Gasteiger partial charge in [0.2, 0.25) is 5.91 Å². The molecule has 5 nitrogen and oxygen atoms in total. The summed E-state index contributed by atoms with van der Waals surface area (Å²) in [5.74, 6) is 0.215. The van der Waals surface area contributed by atoms with Crippen molar-refractivity contribution in [3.05, 3.63) is 54.1 Å². The summed E-state index contributed by atoms with van der Waals surface area (Å²) in [4.78, 5) is 19.6. The Labute approximate surface area is 185 Å². The first kappa shape index (κ1) is 23.3. The number of halogens is 2. The number of piperazine rings is 1. The van der Waals surface area contributed by atoms with Crippen molar-refractivity contribution in [1.29, 1.82) is 0 Å². The molecule has 0 atom stereocenters. The van der Waals surface area contributed by atoms with Crippen molar-refractivity contribution in [2.45, 2.75) is 19.3 Å². The molecule has 1 saturated heterocycles. The van der Waals surface area contributed by atoms with Crippen LogP contribution >= 0.6 is 24.8 Å². The van der Waals surface area contributed by atoms with E-state index in [2.05, 4.69) is 40.1 Å². The van der Waals surface area contributed by atoms with Crippen LogP contribution < -0.4 is 15.5 Å². The second kappa shape index (κ2) is 10.7. The molecule has 0 spiro atoms. The van der Waals surface area contributed by atoms with E-state index in [4.69, 9.17) is 5.73 Å². The van der Waals surface area contributed by atoms with Crippen LogP contribution in [0.25, 0.3) is 0 Å². The first-order valence-electron chi connectivity index (χ1n) is 9.92. The normalized spacial score (nSPS) is 16.4. The van der Waals surface area contributed by atoms with Gasteiger partial charge in [0, 0.05) is 62.8 Å². The van der Waals surface area contributed by atoms with Gasteiger partial charge in [0.05, 0.1) is 0 Å². The van der Waals surface area contributed by atoms with Gasteiger partial charge >= 0.3 is 0 Å². The highest BCUT2D eigenvalue weighted by Crippen LogP contribution is 2.31. The minimum atomic E-state index is 0. The number of carbonyl (C=O) groups is 1. The Kier molecular flexibility index (Phi) is 8.62. The molecule has 0 bridgehead atoms. The Morgan fingerprint density at radius 1 is 0.897 bits per heavy atom. The number of nitrogen functional groups attached to an aromatic ring is 1. The van der Waals surface area contributed by atoms with E-state index in [1.165, 1.54) is 5.69 Å². The largest absolute Gasteiger partial charge is 0.398 e. The molecule has 2 aliphatic heterocycles. The minimum Gasteiger partial charge on any atom is -0.398 e. The number of anilines is 3. The van der Waals surface area contributed by atoms with E-state index < -0.39 is 0 Å². The first-order valence-corrected chi connectivity index (χ1v) is 9.92. The highest BCUT2D eigenvalue weighted by molar-refractivity contribution is 5.95. The van der Waals surface area contributed by atoms with Crippen LogP contribution in [0.3, 0.4) is 0 Å². The van der Waals surface area contributed by atoms with Crippen LogP contribution in [0.2, 0.25) is 0 Å². The third-order valence-electron chi connectivity index (χ3n) is 5.72. The van der Waals surface area contributed by atoms with Crippen molar-refractivity contribution in [1.82, 2.24) is 4.90 Å². The number of rotatable bonds is 4. The van der Waals surface area contributed by atoms with Crippen LogP contribution in [0.1, 0.15) is 18.4 Å². The number of benzene rings is 2. The first-order chi connectivity index (χ1) is 13.2. The zero-order valence-corrected chi connectivity index (χ0v) is 18.3. The molecule has 4 rings (SSSR count). The molecule has 0 aromatic heterocycles. The number of para-hydroxylation sites is 1. The maximum absolute atomic E-state index is 12.8. The number of carbonyl (C=O) groups excluding carboxylic acids is 1. The summed E-state index contributed by atoms with van der Waals surface area (Å²) in [6, 6.07) is 16.5. The lowest BCUT2D eigenvalue weighted by Crippen LogP contribution is -2.47. The summed E-state index contributed by atoms with van der Waals surface area (Å²) in [5.41, 5.74) is 10.3. The Hall–Kier alpha value is -1.95. The molecule has 0 saturated carbocycles. The summed E-state index contributed by atoms with van der Waals surface area (Å²) < 4.78 is 0. The monoisotopic (exact) mass is 436 g/mol. The SMILES string of the molecule is Cl.Cl.Nc1cccc2c1CCCN2C(=O)CCN1CCN(c2ccccc2)CC1. The fourth-order valence-electron chi connectivity index (χ4n) is 4.17. The molecule has 0 aliphatic carbocycles. The third-order valence-corrected chi connectivity index (χ3v) is 5.72. The topological polar surface area (TPSA) is 52.8 Å². The van der Waals surface area contributed by atoms with Crippen molar-refractivity contribution in [3.63, 3.8) is 0 Å². The smallest absolute Gasteiger partial charge is 0.228 e. The molecule has 158 valence electrons. The van der Waals surface area contributed by atoms with Crippen molar-refractivity contribution >= 4 is 47.8 Å². The molecule has 29 heavy (non-hydrogen) atoms. The maximum Gasteiger partial charge on any atom is 0.228 e. The van der Waals surface area contributed by atoms with Gasteiger partial charge in [-0.1, -0.05) is 24.3 Å². The molecule has 7 heteroatoms. The second-order valence-electron chi connectivity index (χ2n) is 7.41. The lowest BCUT2D eigenvalue weighted by Gasteiger charge is -2.36. The van der Waals surface area contributed by atoms with Gasteiger partial charge in [0.15, 0.2) is 0 Å². The fourth-order valence-corrected chi connectivity index (χ4v) is 4.17. The third kappa shape index (κ3) is 5.35. The molecule has 2 aliphatic rings. The van der Waals surface area contributed by atoms with Gasteiger partial charge in [0.1, 0.15) is 0 Å². The van der Waals surface area contributed by atoms with Crippen molar-refractivity contribution in [2.75, 3.05) is 54.8 Å². The van der Waals surface area contributed by atoms with Gasteiger partial charge < -0.3 is 15.5 Å². The van der Waals surface area contributed by atoms with Gasteiger partial charge in [0.25, 0.3) is 0 Å². The Morgan fingerprint density at radius 3 is 2.34 bits per heavy atom. The standard InChI is InChI=1S/C22H28N4O.2ClH/c23-20-9-4-10-21-19(20)8-5-12-26(21)22(27)11-13-24-14-16-25(17-15-24)18-6-2-1-3-7-18;;/h1-4,6-7,9-10H,5,8,11-17,23H2;2*1H. The van der Waals surface area contributed by atoms with Crippen molar-refractivity contribution in [3.8, 4) is 0 Å². The van der Waals surface area contributed by atoms with Crippen LogP contribution in [-0.4, -0.2) is 50.1 Å². The summed E-state index contributed by atoms with van der Waals surface area (Å²) >= 11 is 0. The quantitative estimate of drug-likeness (QED) is 0.743. The van der Waals surface area contributed by atoms with E-state index in [1.807, 2.05) is 23.1 Å². The van der Waals surface area contributed by atoms with Crippen LogP contribution in [0, 0.1) is 0 Å². The number of fused-ring (bicyclic) bond motifs is 1. The molecule has 0 unspecified atom stereocenters. The van der Waals surface area contributed by atoms with Crippen LogP contribution in [0.5, 0.6) is 0 Å². The number of hydrogen-bond acceptors (Lipinski definition) is 4. The lowest BCUT2D eigenvalue weighted by molar-refractivity contribution is -0.119. The maximum atomic E-state index is 12.8. The predicted octanol–water partition coefficient (Wildman–Crippen LogP) is 3.60. The molecule has 1 fully saturated rings. The number of nitrogens with zero attached hydrogens (tertiary/aromatic N) is 3. The second-order valence-corrected chi connectivity index (χ2v) is 7.41. The van der Waals surface area contributed by atoms with E-state index in [-0.39, 0.29) is 30.7 Å². The molecule has 2 aromatic carbocycles. The van der Waals surface area contributed by atoms with E-state index in [1.54, 1.807) is 0 Å². The zero-order valence-electron chi connectivity index (χ0n) is 16.6. The highest BCUT2D eigenvalue weighted by atomic mass is 35.5. The number of hydrogen-bond donors (Lipinski definition) is 1. The minimum absolute atomic E-state index is 0. The van der Waals surface area contributed by atoms with Gasteiger partial charge in [-0.2, -0.15) is 0 Å². The summed E-state index contributed by atoms with van der Waals surface area (Å²) in [6.45, 7) is 5.67. The lowest BCUT2D eigenvalue weighted by atomic mass is 9.99. The van der Waals surface area contributed by atoms with Crippen LogP contribution in [0.4, 0.5) is 17.1 Å². The van der Waals surface area contributed by atoms with Crippen molar-refractivity contribution in [2.24, 2.45) is 0 Å². The molecule has 2 heterocycles. The molecular weight excluding hydrogens is 407 g/mol. The van der Waals surface area contributed by atoms with Crippen molar-refractivity contribution < 1.29 is 4.79 Å². The van der Waals surface area contributed by atoms with Gasteiger partial charge in [-0.05, 0) is 42.7 Å². The summed E-state index contributed by atoms with van der Waals surface area (Å²) in [6.07, 6.45) is 2.52. The van der Waals surface area contributed by atoms with Crippen LogP contribution in [-0.2, 0) is 11.2 Å². The van der Waals surface area contributed by atoms with Gasteiger partial charge in [-0.3, -0.25) is 9.69 Å². The van der Waals surface area contributed by atoms with E-state index in [9.17, 15) is 4.79 Å². The fraction of sp³-hybridized carbons (Fsp3) is 0.409. The molecule has 1 amide bonds. The van der Waals surface area contributed by atoms with Crippen LogP contribution in [0.15, 0.2) is 48.5 Å². The predicted molar refractivity (Wildman–Crippen MR) is 126 cm³/mol. The van der Waals surface area contributed by atoms with E-state index in [0.717, 1.165) is 69.0 Å². The average molecular weight is 437 g/mol. The van der Waals surface area contributed by atoms with E-state index in [0.29, 0.717) is 6.42 Å².